The molecule has 4 heterocycles. The summed E-state index contributed by atoms with van der Waals surface area (Å²) in [6, 6.07) is 2.66. The number of nitrogen functional groups attached to an aromatic ring is 1. The minimum Gasteiger partial charge on any atom is -0.494 e. The van der Waals surface area contributed by atoms with E-state index in [0.29, 0.717) is 34.7 Å². The van der Waals surface area contributed by atoms with Gasteiger partial charge in [0, 0.05) is 31.3 Å². The van der Waals surface area contributed by atoms with Gasteiger partial charge in [0.25, 0.3) is 0 Å². The fourth-order valence-corrected chi connectivity index (χ4v) is 4.42. The molecule has 1 aliphatic rings. The van der Waals surface area contributed by atoms with Crippen LogP contribution in [0.25, 0.3) is 16.6 Å². The minimum absolute atomic E-state index is 0.0617. The standard InChI is InChI=1S/C23H29FN8O2/c1-13(33)23(2,3)31-12-16(10-26-31)30-7-5-6-14(11-30)20-28-21-17-8-15(24)9-18(34-4)19(17)27-22(25)32(21)29-20/h8-10,12-14,33H,5-7,11H2,1-4H3,(H2,25,27)/t13?,14-/m1/s1. The van der Waals surface area contributed by atoms with E-state index in [1.165, 1.54) is 23.8 Å². The second-order valence-corrected chi connectivity index (χ2v) is 9.44. The summed E-state index contributed by atoms with van der Waals surface area (Å²) in [6.07, 6.45) is 5.13. The van der Waals surface area contributed by atoms with Crippen molar-refractivity contribution in [1.29, 1.82) is 0 Å². The number of halogens is 1. The maximum absolute atomic E-state index is 14.2. The average Bonchev–Trinajstić information content (AvgIpc) is 3.48. The minimum atomic E-state index is -0.547. The number of hydrogen-bond acceptors (Lipinski definition) is 8. The van der Waals surface area contributed by atoms with Crippen LogP contribution in [0.2, 0.25) is 0 Å². The second kappa shape index (κ2) is 8.08. The van der Waals surface area contributed by atoms with Gasteiger partial charge in [-0.3, -0.25) is 4.68 Å². The van der Waals surface area contributed by atoms with Gasteiger partial charge in [-0.15, -0.1) is 5.10 Å². The zero-order valence-corrected chi connectivity index (χ0v) is 19.7. The summed E-state index contributed by atoms with van der Waals surface area (Å²) in [5.74, 6) is 0.732. The van der Waals surface area contributed by atoms with Gasteiger partial charge >= 0.3 is 0 Å². The van der Waals surface area contributed by atoms with Crippen LogP contribution in [0, 0.1) is 5.82 Å². The highest BCUT2D eigenvalue weighted by Crippen LogP contribution is 2.33. The van der Waals surface area contributed by atoms with Crippen molar-refractivity contribution in [3.63, 3.8) is 0 Å². The Kier molecular flexibility index (Phi) is 5.31. The summed E-state index contributed by atoms with van der Waals surface area (Å²) in [5.41, 5.74) is 7.55. The van der Waals surface area contributed by atoms with E-state index >= 15 is 0 Å². The van der Waals surface area contributed by atoms with E-state index in [1.54, 1.807) is 11.6 Å². The largest absolute Gasteiger partial charge is 0.494 e. The molecule has 0 radical (unpaired) electrons. The molecule has 0 saturated carbocycles. The van der Waals surface area contributed by atoms with E-state index in [9.17, 15) is 9.50 Å². The van der Waals surface area contributed by atoms with Gasteiger partial charge in [0.15, 0.2) is 11.5 Å². The molecule has 2 atom stereocenters. The molecular weight excluding hydrogens is 439 g/mol. The summed E-state index contributed by atoms with van der Waals surface area (Å²) in [4.78, 5) is 11.4. The quantitative estimate of drug-likeness (QED) is 0.459. The summed E-state index contributed by atoms with van der Waals surface area (Å²) in [6.45, 7) is 7.27. The molecule has 1 unspecified atom stereocenters. The van der Waals surface area contributed by atoms with E-state index in [1.807, 2.05) is 26.2 Å². The smallest absolute Gasteiger partial charge is 0.223 e. The number of aliphatic hydroxyl groups is 1. The molecule has 3 N–H and O–H groups in total. The fraction of sp³-hybridized carbons (Fsp3) is 0.478. The molecule has 3 aromatic heterocycles. The highest BCUT2D eigenvalue weighted by Gasteiger charge is 2.30. The van der Waals surface area contributed by atoms with Crippen LogP contribution in [0.1, 0.15) is 45.4 Å². The number of anilines is 2. The molecule has 0 amide bonds. The first-order chi connectivity index (χ1) is 16.2. The van der Waals surface area contributed by atoms with Crippen LogP contribution in [0.4, 0.5) is 16.0 Å². The van der Waals surface area contributed by atoms with Gasteiger partial charge in [0.1, 0.15) is 17.1 Å². The Bertz CT molecular complexity index is 1360. The van der Waals surface area contributed by atoms with Crippen molar-refractivity contribution in [3.05, 3.63) is 36.2 Å². The van der Waals surface area contributed by atoms with Crippen molar-refractivity contribution in [2.24, 2.45) is 0 Å². The van der Waals surface area contributed by atoms with Gasteiger partial charge in [-0.25, -0.2) is 14.4 Å². The molecule has 34 heavy (non-hydrogen) atoms. The topological polar surface area (TPSA) is 120 Å². The van der Waals surface area contributed by atoms with Crippen molar-refractivity contribution in [1.82, 2.24) is 29.4 Å². The number of aliphatic hydroxyl groups excluding tert-OH is 1. The molecule has 10 nitrogen and oxygen atoms in total. The number of ether oxygens (including phenoxy) is 1. The Morgan fingerprint density at radius 1 is 1.29 bits per heavy atom. The fourth-order valence-electron chi connectivity index (χ4n) is 4.42. The Balaban J connectivity index is 1.48. The number of benzene rings is 1. The maximum Gasteiger partial charge on any atom is 0.223 e. The zero-order valence-electron chi connectivity index (χ0n) is 19.7. The van der Waals surface area contributed by atoms with E-state index in [0.717, 1.165) is 25.1 Å². The Morgan fingerprint density at radius 3 is 2.82 bits per heavy atom. The van der Waals surface area contributed by atoms with E-state index in [-0.39, 0.29) is 11.9 Å². The first-order valence-corrected chi connectivity index (χ1v) is 11.4. The average molecular weight is 469 g/mol. The number of nitrogens with two attached hydrogens (primary N) is 1. The summed E-state index contributed by atoms with van der Waals surface area (Å²) >= 11 is 0. The van der Waals surface area contributed by atoms with Gasteiger partial charge < -0.3 is 20.5 Å². The third kappa shape index (κ3) is 3.60. The third-order valence-electron chi connectivity index (χ3n) is 6.90. The van der Waals surface area contributed by atoms with Crippen molar-refractivity contribution in [2.45, 2.75) is 51.2 Å². The number of nitrogens with zero attached hydrogens (tertiary/aromatic N) is 7. The molecule has 0 bridgehead atoms. The number of piperidine rings is 1. The van der Waals surface area contributed by atoms with Gasteiger partial charge in [-0.1, -0.05) is 0 Å². The maximum atomic E-state index is 14.2. The summed E-state index contributed by atoms with van der Waals surface area (Å²) in [7, 11) is 1.46. The molecule has 5 rings (SSSR count). The molecule has 1 aliphatic heterocycles. The van der Waals surface area contributed by atoms with Crippen molar-refractivity contribution in [3.8, 4) is 5.75 Å². The highest BCUT2D eigenvalue weighted by atomic mass is 19.1. The molecule has 1 saturated heterocycles. The molecule has 11 heteroatoms. The Hall–Kier alpha value is -3.47. The molecule has 1 aromatic carbocycles. The first-order valence-electron chi connectivity index (χ1n) is 11.4. The van der Waals surface area contributed by atoms with E-state index < -0.39 is 17.5 Å². The molecule has 1 fully saturated rings. The Labute approximate surface area is 196 Å². The molecule has 0 spiro atoms. The van der Waals surface area contributed by atoms with E-state index in [4.69, 9.17) is 15.5 Å². The molecule has 0 aliphatic carbocycles. The zero-order chi connectivity index (χ0) is 24.2. The van der Waals surface area contributed by atoms with Crippen LogP contribution in [0.5, 0.6) is 5.75 Å². The molecule has 4 aromatic rings. The molecule has 180 valence electrons. The number of aromatic nitrogens is 6. The number of rotatable bonds is 5. The number of methoxy groups -OCH3 is 1. The van der Waals surface area contributed by atoms with Crippen LogP contribution in [0.15, 0.2) is 24.5 Å². The van der Waals surface area contributed by atoms with Crippen LogP contribution >= 0.6 is 0 Å². The lowest BCUT2D eigenvalue weighted by molar-refractivity contribution is 0.0647. The van der Waals surface area contributed by atoms with Crippen molar-refractivity contribution in [2.75, 3.05) is 30.8 Å². The third-order valence-corrected chi connectivity index (χ3v) is 6.90. The number of fused-ring (bicyclic) bond motifs is 3. The predicted molar refractivity (Wildman–Crippen MR) is 127 cm³/mol. The first kappa shape index (κ1) is 22.3. The SMILES string of the molecule is COc1cc(F)cc2c1nc(N)n1nc([C@@H]3CCCN(c4cnn(C(C)(C)C(C)O)c4)C3)nc21. The lowest BCUT2D eigenvalue weighted by atomic mass is 9.97. The van der Waals surface area contributed by atoms with Crippen molar-refractivity contribution < 1.29 is 14.2 Å². The highest BCUT2D eigenvalue weighted by molar-refractivity contribution is 5.95. The van der Waals surface area contributed by atoms with Gasteiger partial charge in [0.05, 0.1) is 36.0 Å². The molecular formula is C23H29FN8O2. The van der Waals surface area contributed by atoms with Crippen LogP contribution in [-0.4, -0.2) is 60.8 Å². The lowest BCUT2D eigenvalue weighted by Crippen LogP contribution is -2.38. The predicted octanol–water partition coefficient (Wildman–Crippen LogP) is 2.70. The summed E-state index contributed by atoms with van der Waals surface area (Å²) in [5, 5.41) is 19.8. The second-order valence-electron chi connectivity index (χ2n) is 9.44. The Morgan fingerprint density at radius 2 is 2.09 bits per heavy atom. The van der Waals surface area contributed by atoms with Gasteiger partial charge in [-0.2, -0.15) is 9.61 Å². The van der Waals surface area contributed by atoms with Gasteiger partial charge in [0.2, 0.25) is 5.95 Å². The summed E-state index contributed by atoms with van der Waals surface area (Å²) < 4.78 is 22.8. The van der Waals surface area contributed by atoms with Crippen molar-refractivity contribution >= 4 is 28.2 Å². The van der Waals surface area contributed by atoms with Crippen LogP contribution in [0.3, 0.4) is 0 Å². The van der Waals surface area contributed by atoms with Crippen LogP contribution < -0.4 is 15.4 Å². The normalized spacial score (nSPS) is 18.1. The monoisotopic (exact) mass is 468 g/mol. The van der Waals surface area contributed by atoms with Gasteiger partial charge in [-0.05, 0) is 39.7 Å². The van der Waals surface area contributed by atoms with E-state index in [2.05, 4.69) is 20.1 Å². The van der Waals surface area contributed by atoms with Crippen LogP contribution in [-0.2, 0) is 5.54 Å². The number of hydrogen-bond donors (Lipinski definition) is 2. The lowest BCUT2D eigenvalue weighted by Gasteiger charge is -2.32.